The normalized spacial score (nSPS) is 10.8. The van der Waals surface area contributed by atoms with Crippen molar-refractivity contribution >= 4 is 39.5 Å². The minimum atomic E-state index is -3.77. The van der Waals surface area contributed by atoms with Crippen molar-refractivity contribution in [3.05, 3.63) is 59.7 Å². The molecule has 0 heterocycles. The summed E-state index contributed by atoms with van der Waals surface area (Å²) >= 11 is 0. The van der Waals surface area contributed by atoms with E-state index in [4.69, 9.17) is 15.4 Å². The molecule has 0 aromatic heterocycles. The quantitative estimate of drug-likeness (QED) is 0.218. The third-order valence-corrected chi connectivity index (χ3v) is 5.37. The average Bonchev–Trinajstić information content (AvgIpc) is 2.72. The second-order valence-electron chi connectivity index (χ2n) is 7.26. The van der Waals surface area contributed by atoms with E-state index in [1.54, 1.807) is 18.2 Å². The second-order valence-corrected chi connectivity index (χ2v) is 8.82. The van der Waals surface area contributed by atoms with Crippen LogP contribution >= 0.6 is 0 Å². The summed E-state index contributed by atoms with van der Waals surface area (Å²) in [6, 6.07) is 12.0. The molecule has 2 amide bonds. The van der Waals surface area contributed by atoms with Gasteiger partial charge in [-0.15, -0.1) is 0 Å². The fraction of sp³-hybridized carbons (Fsp3) is 0.238. The average molecular weight is 556 g/mol. The fourth-order valence-electron chi connectivity index (χ4n) is 2.96. The summed E-state index contributed by atoms with van der Waals surface area (Å²) in [5, 5.41) is 28.0. The van der Waals surface area contributed by atoms with Crippen LogP contribution in [0.15, 0.2) is 53.4 Å². The van der Waals surface area contributed by atoms with Crippen LogP contribution in [0.4, 0.5) is 5.69 Å². The molecule has 0 aliphatic heterocycles. The largest absolute Gasteiger partial charge is 0.480 e. The minimum Gasteiger partial charge on any atom is -0.480 e. The number of carbonyl (C=O) groups is 4. The number of benzene rings is 2. The van der Waals surface area contributed by atoms with Crippen LogP contribution in [0.1, 0.15) is 15.9 Å². The van der Waals surface area contributed by atoms with Crippen LogP contribution in [0.2, 0.25) is 0 Å². The van der Waals surface area contributed by atoms with Crippen LogP contribution in [0.3, 0.4) is 0 Å². The number of rotatable bonds is 12. The number of anilines is 1. The Labute approximate surface area is 212 Å². The summed E-state index contributed by atoms with van der Waals surface area (Å²) in [6.07, 6.45) is 0.441. The minimum absolute atomic E-state index is 0. The van der Waals surface area contributed by atoms with Crippen molar-refractivity contribution in [1.82, 2.24) is 10.2 Å². The first-order chi connectivity index (χ1) is 15.9. The van der Waals surface area contributed by atoms with Gasteiger partial charge < -0.3 is 20.8 Å². The van der Waals surface area contributed by atoms with Crippen molar-refractivity contribution in [1.29, 1.82) is 0 Å². The van der Waals surface area contributed by atoms with Crippen molar-refractivity contribution in [2.75, 3.05) is 31.5 Å². The van der Waals surface area contributed by atoms with Gasteiger partial charge in [-0.25, -0.2) is 13.6 Å². The number of hydrogen-bond acceptors (Lipinski definition) is 7. The standard InChI is InChI=1S/C21H24N4O8S.Cu/c22-34(32,33)17-6-4-14(5-7-17)8-9-23-21(31)15-2-1-3-16(10-15)24-18(26)11-25(12-19(27)28)13-20(29)30;/h1-7,10H,8-9,11-13H2,(H,23,31)(H,24,26)(H,27,28)(H,29,30)(H2,22,32,33);. The van der Waals surface area contributed by atoms with E-state index in [0.717, 1.165) is 10.5 Å². The Kier molecular flexibility index (Phi) is 11.5. The van der Waals surface area contributed by atoms with Crippen molar-refractivity contribution in [3.8, 4) is 0 Å². The topological polar surface area (TPSA) is 196 Å². The molecule has 0 aliphatic rings. The molecule has 0 unspecified atom stereocenters. The van der Waals surface area contributed by atoms with Gasteiger partial charge in [0.15, 0.2) is 0 Å². The van der Waals surface area contributed by atoms with Crippen molar-refractivity contribution in [2.24, 2.45) is 5.14 Å². The molecule has 0 bridgehead atoms. The van der Waals surface area contributed by atoms with E-state index < -0.39 is 53.4 Å². The molecule has 1 radical (unpaired) electrons. The first-order valence-corrected chi connectivity index (χ1v) is 11.4. The van der Waals surface area contributed by atoms with E-state index in [1.807, 2.05) is 0 Å². The van der Waals surface area contributed by atoms with Crippen LogP contribution in [-0.4, -0.2) is 73.5 Å². The Hall–Kier alpha value is -3.29. The Bertz CT molecular complexity index is 1160. The van der Waals surface area contributed by atoms with Crippen molar-refractivity contribution in [2.45, 2.75) is 11.3 Å². The molecule has 12 nitrogen and oxygen atoms in total. The number of amides is 2. The van der Waals surface area contributed by atoms with E-state index in [2.05, 4.69) is 10.6 Å². The van der Waals surface area contributed by atoms with Crippen LogP contribution < -0.4 is 15.8 Å². The van der Waals surface area contributed by atoms with Gasteiger partial charge in [-0.3, -0.25) is 24.1 Å². The van der Waals surface area contributed by atoms with Crippen molar-refractivity contribution in [3.63, 3.8) is 0 Å². The Balaban J connectivity index is 0.00000612. The second kappa shape index (κ2) is 13.6. The van der Waals surface area contributed by atoms with Gasteiger partial charge in [0, 0.05) is 34.9 Å². The predicted octanol–water partition coefficient (Wildman–Crippen LogP) is -0.286. The number of aliphatic carboxylic acids is 2. The maximum atomic E-state index is 12.4. The first-order valence-electron chi connectivity index (χ1n) is 9.90. The Morgan fingerprint density at radius 3 is 2.06 bits per heavy atom. The number of primary sulfonamides is 1. The summed E-state index contributed by atoms with van der Waals surface area (Å²) in [6.45, 7) is -1.43. The number of nitrogens with one attached hydrogen (secondary N) is 2. The fourth-order valence-corrected chi connectivity index (χ4v) is 3.48. The SMILES string of the molecule is NS(=O)(=O)c1ccc(CCNC(=O)c2cccc(NC(=O)CN(CC(=O)O)CC(=O)O)c2)cc1.[Cu]. The zero-order valence-corrected chi connectivity index (χ0v) is 20.0. The van der Waals surface area contributed by atoms with Gasteiger partial charge in [0.2, 0.25) is 15.9 Å². The summed E-state index contributed by atoms with van der Waals surface area (Å²) in [4.78, 5) is 47.2. The van der Waals surface area contributed by atoms with E-state index in [0.29, 0.717) is 6.42 Å². The maximum absolute atomic E-state index is 12.4. The molecule has 0 saturated heterocycles. The molecule has 0 fully saturated rings. The zero-order valence-electron chi connectivity index (χ0n) is 18.2. The number of carboxylic acids is 2. The molecule has 14 heteroatoms. The molecular formula is C21H24CuN4O8S. The monoisotopic (exact) mass is 555 g/mol. The van der Waals surface area contributed by atoms with Crippen LogP contribution in [0.25, 0.3) is 0 Å². The third kappa shape index (κ3) is 10.7. The number of hydrogen-bond donors (Lipinski definition) is 5. The zero-order chi connectivity index (χ0) is 25.3. The van der Waals surface area contributed by atoms with E-state index in [-0.39, 0.29) is 39.8 Å². The van der Waals surface area contributed by atoms with Crippen LogP contribution in [0, 0.1) is 0 Å². The number of nitrogens with two attached hydrogens (primary N) is 1. The smallest absolute Gasteiger partial charge is 0.317 e. The number of carboxylic acid groups (broad SMARTS) is 2. The van der Waals surface area contributed by atoms with E-state index >= 15 is 0 Å². The van der Waals surface area contributed by atoms with Crippen LogP contribution in [0.5, 0.6) is 0 Å². The van der Waals surface area contributed by atoms with Gasteiger partial charge in [-0.1, -0.05) is 18.2 Å². The molecule has 6 N–H and O–H groups in total. The molecule has 2 aromatic rings. The Morgan fingerprint density at radius 2 is 1.51 bits per heavy atom. The van der Waals surface area contributed by atoms with Gasteiger partial charge in [0.1, 0.15) is 0 Å². The van der Waals surface area contributed by atoms with E-state index in [1.165, 1.54) is 30.3 Å². The number of nitrogens with zero attached hydrogens (tertiary/aromatic N) is 1. The Morgan fingerprint density at radius 1 is 0.914 bits per heavy atom. The molecule has 0 spiro atoms. The summed E-state index contributed by atoms with van der Waals surface area (Å²) in [7, 11) is -3.77. The van der Waals surface area contributed by atoms with Gasteiger partial charge in [-0.05, 0) is 42.3 Å². The van der Waals surface area contributed by atoms with Gasteiger partial charge in [0.25, 0.3) is 5.91 Å². The molecular weight excluding hydrogens is 532 g/mol. The van der Waals surface area contributed by atoms with E-state index in [9.17, 15) is 27.6 Å². The molecule has 2 rings (SSSR count). The maximum Gasteiger partial charge on any atom is 0.317 e. The summed E-state index contributed by atoms with van der Waals surface area (Å²) < 4.78 is 22.6. The molecule has 2 aromatic carbocycles. The molecule has 0 atom stereocenters. The third-order valence-electron chi connectivity index (χ3n) is 4.44. The van der Waals surface area contributed by atoms with Gasteiger partial charge in [0.05, 0.1) is 24.5 Å². The summed E-state index contributed by atoms with van der Waals surface area (Å²) in [5.41, 5.74) is 1.33. The predicted molar refractivity (Wildman–Crippen MR) is 121 cm³/mol. The first kappa shape index (κ1) is 29.7. The number of sulfonamides is 1. The number of carbonyl (C=O) groups excluding carboxylic acids is 2. The summed E-state index contributed by atoms with van der Waals surface area (Å²) in [5.74, 6) is -3.58. The molecule has 0 saturated carbocycles. The molecule has 35 heavy (non-hydrogen) atoms. The molecule has 193 valence electrons. The van der Waals surface area contributed by atoms with Gasteiger partial charge >= 0.3 is 11.9 Å². The van der Waals surface area contributed by atoms with Gasteiger partial charge in [-0.2, -0.15) is 0 Å². The van der Waals surface area contributed by atoms with Crippen molar-refractivity contribution < 1.29 is 54.9 Å². The van der Waals surface area contributed by atoms with Crippen LogP contribution in [-0.2, 0) is 47.9 Å². The molecule has 0 aliphatic carbocycles.